The molecule has 21 heavy (non-hydrogen) atoms. The largest absolute Gasteiger partial charge is 0.351 e. The van der Waals surface area contributed by atoms with Crippen LogP contribution in [0.3, 0.4) is 0 Å². The maximum atomic E-state index is 12.3. The van der Waals surface area contributed by atoms with Crippen molar-refractivity contribution in [3.63, 3.8) is 0 Å². The summed E-state index contributed by atoms with van der Waals surface area (Å²) < 4.78 is 2.03. The standard InChI is InChI=1S/C17H25N3O/c1-4-5-7-10-18-17(21)16-14-9-6-8-11-20(14)15(19-16)12-13(2)3/h6,8-9,11,13H,4-5,7,10,12H2,1-3H3,(H,18,21). The molecule has 0 saturated heterocycles. The molecule has 0 spiro atoms. The molecule has 0 fully saturated rings. The van der Waals surface area contributed by atoms with Gasteiger partial charge in [-0.2, -0.15) is 0 Å². The van der Waals surface area contributed by atoms with Crippen LogP contribution in [0.15, 0.2) is 24.4 Å². The fourth-order valence-electron chi connectivity index (χ4n) is 2.44. The van der Waals surface area contributed by atoms with Gasteiger partial charge in [-0.3, -0.25) is 4.79 Å². The number of amides is 1. The van der Waals surface area contributed by atoms with Crippen LogP contribution in [0.1, 0.15) is 56.3 Å². The molecule has 2 aromatic heterocycles. The fraction of sp³-hybridized carbons (Fsp3) is 0.529. The molecule has 0 aromatic carbocycles. The van der Waals surface area contributed by atoms with Gasteiger partial charge in [0, 0.05) is 19.2 Å². The van der Waals surface area contributed by atoms with Gasteiger partial charge >= 0.3 is 0 Å². The molecule has 4 heteroatoms. The number of aromatic nitrogens is 2. The minimum Gasteiger partial charge on any atom is -0.351 e. The topological polar surface area (TPSA) is 46.4 Å². The molecule has 4 nitrogen and oxygen atoms in total. The monoisotopic (exact) mass is 287 g/mol. The molecule has 0 aliphatic carbocycles. The van der Waals surface area contributed by atoms with E-state index in [9.17, 15) is 4.79 Å². The second-order valence-electron chi connectivity index (χ2n) is 5.89. The van der Waals surface area contributed by atoms with E-state index in [1.807, 2.05) is 28.8 Å². The molecular formula is C17H25N3O. The van der Waals surface area contributed by atoms with Crippen LogP contribution in [0.5, 0.6) is 0 Å². The Balaban J connectivity index is 2.20. The van der Waals surface area contributed by atoms with Crippen LogP contribution in [0.2, 0.25) is 0 Å². The van der Waals surface area contributed by atoms with E-state index in [1.54, 1.807) is 0 Å². The Kier molecular flexibility index (Phi) is 5.37. The van der Waals surface area contributed by atoms with Crippen LogP contribution < -0.4 is 5.32 Å². The highest BCUT2D eigenvalue weighted by atomic mass is 16.1. The van der Waals surface area contributed by atoms with Crippen LogP contribution >= 0.6 is 0 Å². The molecule has 1 N–H and O–H groups in total. The zero-order chi connectivity index (χ0) is 15.2. The Bertz CT molecular complexity index is 601. The quantitative estimate of drug-likeness (QED) is 0.793. The van der Waals surface area contributed by atoms with Crippen molar-refractivity contribution >= 4 is 11.4 Å². The van der Waals surface area contributed by atoms with Crippen molar-refractivity contribution in [1.82, 2.24) is 14.7 Å². The SMILES string of the molecule is CCCCCNC(=O)c1nc(CC(C)C)n2ccccc12. The number of carbonyl (C=O) groups excluding carboxylic acids is 1. The molecule has 0 aliphatic rings. The number of unbranched alkanes of at least 4 members (excludes halogenated alkanes) is 2. The van der Waals surface area contributed by atoms with Crippen molar-refractivity contribution < 1.29 is 4.79 Å². The number of carbonyl (C=O) groups is 1. The molecule has 2 heterocycles. The molecule has 0 bridgehead atoms. The van der Waals surface area contributed by atoms with E-state index < -0.39 is 0 Å². The first kappa shape index (κ1) is 15.5. The molecule has 2 rings (SSSR count). The van der Waals surface area contributed by atoms with E-state index in [0.717, 1.165) is 43.6 Å². The summed E-state index contributed by atoms with van der Waals surface area (Å²) in [7, 11) is 0. The third-order valence-corrected chi connectivity index (χ3v) is 3.49. The molecule has 0 atom stereocenters. The van der Waals surface area contributed by atoms with Crippen molar-refractivity contribution in [1.29, 1.82) is 0 Å². The summed E-state index contributed by atoms with van der Waals surface area (Å²) in [6.07, 6.45) is 6.17. The zero-order valence-corrected chi connectivity index (χ0v) is 13.2. The minimum atomic E-state index is -0.0650. The van der Waals surface area contributed by atoms with Crippen molar-refractivity contribution in [3.8, 4) is 0 Å². The summed E-state index contributed by atoms with van der Waals surface area (Å²) in [5.74, 6) is 1.40. The van der Waals surface area contributed by atoms with Gasteiger partial charge < -0.3 is 9.72 Å². The van der Waals surface area contributed by atoms with Gasteiger partial charge in [-0.1, -0.05) is 39.7 Å². The van der Waals surface area contributed by atoms with E-state index in [0.29, 0.717) is 11.6 Å². The first-order valence-electron chi connectivity index (χ1n) is 7.87. The van der Waals surface area contributed by atoms with Crippen LogP contribution in [0.4, 0.5) is 0 Å². The number of hydrogen-bond donors (Lipinski definition) is 1. The van der Waals surface area contributed by atoms with Crippen LogP contribution in [0.25, 0.3) is 5.52 Å². The van der Waals surface area contributed by atoms with Crippen LogP contribution in [-0.4, -0.2) is 21.8 Å². The molecule has 1 amide bonds. The summed E-state index contributed by atoms with van der Waals surface area (Å²) in [4.78, 5) is 16.9. The van der Waals surface area contributed by atoms with Crippen molar-refractivity contribution in [2.75, 3.05) is 6.54 Å². The molecule has 0 unspecified atom stereocenters. The molecule has 2 aromatic rings. The fourth-order valence-corrected chi connectivity index (χ4v) is 2.44. The summed E-state index contributed by atoms with van der Waals surface area (Å²) in [5.41, 5.74) is 1.43. The molecule has 0 saturated carbocycles. The smallest absolute Gasteiger partial charge is 0.272 e. The number of rotatable bonds is 7. The Morgan fingerprint density at radius 1 is 1.33 bits per heavy atom. The zero-order valence-electron chi connectivity index (χ0n) is 13.2. The summed E-state index contributed by atoms with van der Waals surface area (Å²) in [5, 5.41) is 2.98. The number of nitrogens with zero attached hydrogens (tertiary/aromatic N) is 2. The highest BCUT2D eigenvalue weighted by Gasteiger charge is 2.17. The third kappa shape index (κ3) is 3.84. The summed E-state index contributed by atoms with van der Waals surface area (Å²) in [6.45, 7) is 7.20. The first-order valence-corrected chi connectivity index (χ1v) is 7.87. The van der Waals surface area contributed by atoms with Gasteiger partial charge in [0.2, 0.25) is 0 Å². The summed E-state index contributed by atoms with van der Waals surface area (Å²) >= 11 is 0. The highest BCUT2D eigenvalue weighted by Crippen LogP contribution is 2.16. The second-order valence-corrected chi connectivity index (χ2v) is 5.89. The lowest BCUT2D eigenvalue weighted by molar-refractivity contribution is 0.0950. The predicted octanol–water partition coefficient (Wildman–Crippen LogP) is 3.45. The van der Waals surface area contributed by atoms with Gasteiger partial charge in [0.05, 0.1) is 5.52 Å². The number of nitrogens with one attached hydrogen (secondary N) is 1. The number of hydrogen-bond acceptors (Lipinski definition) is 2. The first-order chi connectivity index (χ1) is 10.1. The average molecular weight is 287 g/mol. The normalized spacial score (nSPS) is 11.2. The second kappa shape index (κ2) is 7.25. The van der Waals surface area contributed by atoms with E-state index >= 15 is 0 Å². The maximum absolute atomic E-state index is 12.3. The number of imidazole rings is 1. The van der Waals surface area contributed by atoms with Crippen molar-refractivity contribution in [3.05, 3.63) is 35.9 Å². The lowest BCUT2D eigenvalue weighted by atomic mass is 10.1. The Morgan fingerprint density at radius 2 is 2.14 bits per heavy atom. The molecular weight excluding hydrogens is 262 g/mol. The van der Waals surface area contributed by atoms with Gasteiger partial charge in [0.1, 0.15) is 5.82 Å². The third-order valence-electron chi connectivity index (χ3n) is 3.49. The van der Waals surface area contributed by atoms with Crippen LogP contribution in [-0.2, 0) is 6.42 Å². The molecule has 0 aliphatic heterocycles. The van der Waals surface area contributed by atoms with Crippen molar-refractivity contribution in [2.45, 2.75) is 46.5 Å². The predicted molar refractivity (Wildman–Crippen MR) is 85.6 cm³/mol. The van der Waals surface area contributed by atoms with Gasteiger partial charge in [-0.25, -0.2) is 4.98 Å². The Morgan fingerprint density at radius 3 is 2.86 bits per heavy atom. The maximum Gasteiger partial charge on any atom is 0.272 e. The van der Waals surface area contributed by atoms with Gasteiger partial charge in [0.15, 0.2) is 5.69 Å². The van der Waals surface area contributed by atoms with Crippen molar-refractivity contribution in [2.24, 2.45) is 5.92 Å². The van der Waals surface area contributed by atoms with E-state index in [1.165, 1.54) is 0 Å². The number of pyridine rings is 1. The van der Waals surface area contributed by atoms with Gasteiger partial charge in [-0.05, 0) is 24.5 Å². The highest BCUT2D eigenvalue weighted by molar-refractivity contribution is 5.99. The molecule has 114 valence electrons. The van der Waals surface area contributed by atoms with E-state index in [2.05, 4.69) is 31.1 Å². The molecule has 0 radical (unpaired) electrons. The van der Waals surface area contributed by atoms with Gasteiger partial charge in [-0.15, -0.1) is 0 Å². The lowest BCUT2D eigenvalue weighted by Crippen LogP contribution is -2.25. The Labute approximate surface area is 126 Å². The van der Waals surface area contributed by atoms with Crippen LogP contribution in [0, 0.1) is 5.92 Å². The minimum absolute atomic E-state index is 0.0650. The summed E-state index contributed by atoms with van der Waals surface area (Å²) in [6, 6.07) is 5.88. The van der Waals surface area contributed by atoms with Gasteiger partial charge in [0.25, 0.3) is 5.91 Å². The Hall–Kier alpha value is -1.84. The number of fused-ring (bicyclic) bond motifs is 1. The lowest BCUT2D eigenvalue weighted by Gasteiger charge is -2.03. The average Bonchev–Trinajstić information content (AvgIpc) is 2.82. The van der Waals surface area contributed by atoms with E-state index in [-0.39, 0.29) is 5.91 Å². The van der Waals surface area contributed by atoms with E-state index in [4.69, 9.17) is 0 Å².